The van der Waals surface area contributed by atoms with Crippen molar-refractivity contribution in [1.82, 2.24) is 14.8 Å². The minimum absolute atomic E-state index is 0.162. The van der Waals surface area contributed by atoms with Crippen LogP contribution in [0.1, 0.15) is 5.69 Å². The van der Waals surface area contributed by atoms with Gasteiger partial charge in [0.25, 0.3) is 5.56 Å². The lowest BCUT2D eigenvalue weighted by atomic mass is 10.3. The maximum atomic E-state index is 11.8. The maximum absolute atomic E-state index is 11.8. The van der Waals surface area contributed by atoms with Crippen molar-refractivity contribution < 1.29 is 0 Å². The summed E-state index contributed by atoms with van der Waals surface area (Å²) in [6.07, 6.45) is 1.65. The molecule has 0 spiro atoms. The van der Waals surface area contributed by atoms with Crippen molar-refractivity contribution >= 4 is 11.5 Å². The van der Waals surface area contributed by atoms with Crippen molar-refractivity contribution in [3.63, 3.8) is 0 Å². The average molecular weight is 245 g/mol. The van der Waals surface area contributed by atoms with Gasteiger partial charge in [0.15, 0.2) is 0 Å². The Bertz CT molecular complexity index is 605. The number of hydrogen-bond acceptors (Lipinski definition) is 5. The molecule has 2 aromatic rings. The molecule has 6 nitrogen and oxygen atoms in total. The van der Waals surface area contributed by atoms with Crippen LogP contribution in [-0.4, -0.2) is 28.9 Å². The summed E-state index contributed by atoms with van der Waals surface area (Å²) in [7, 11) is 3.72. The standard InChI is InChI=1S/C12H15N5O/c1-16(2)10-6-12(18)17(14-7-10)8-9-4-3-5-11(13)15-9/h3-7H,8H2,1-2H3,(H2,13,15). The molecule has 0 aliphatic heterocycles. The number of aromatic nitrogens is 3. The smallest absolute Gasteiger partial charge is 0.269 e. The van der Waals surface area contributed by atoms with Crippen LogP contribution in [0.4, 0.5) is 11.5 Å². The Kier molecular flexibility index (Phi) is 3.27. The predicted molar refractivity (Wildman–Crippen MR) is 70.6 cm³/mol. The predicted octanol–water partition coefficient (Wildman–Crippen LogP) is 0.335. The SMILES string of the molecule is CN(C)c1cnn(Cc2cccc(N)n2)c(=O)c1. The van der Waals surface area contributed by atoms with Crippen molar-refractivity contribution in [3.8, 4) is 0 Å². The molecule has 0 amide bonds. The molecule has 0 saturated carbocycles. The molecule has 2 aromatic heterocycles. The molecule has 0 radical (unpaired) electrons. The van der Waals surface area contributed by atoms with E-state index in [1.165, 1.54) is 4.68 Å². The average Bonchev–Trinajstić information content (AvgIpc) is 2.31. The fraction of sp³-hybridized carbons (Fsp3) is 0.250. The van der Waals surface area contributed by atoms with Crippen LogP contribution in [0.5, 0.6) is 0 Å². The third-order valence-corrected chi connectivity index (χ3v) is 2.51. The molecule has 0 atom stereocenters. The number of rotatable bonds is 3. The van der Waals surface area contributed by atoms with Crippen LogP contribution in [-0.2, 0) is 6.54 Å². The number of nitrogens with zero attached hydrogens (tertiary/aromatic N) is 4. The third kappa shape index (κ3) is 2.65. The summed E-state index contributed by atoms with van der Waals surface area (Å²) in [6, 6.07) is 6.86. The van der Waals surface area contributed by atoms with E-state index in [1.807, 2.05) is 25.1 Å². The van der Waals surface area contributed by atoms with Crippen molar-refractivity contribution in [2.75, 3.05) is 24.7 Å². The number of pyridine rings is 1. The lowest BCUT2D eigenvalue weighted by Crippen LogP contribution is -2.25. The third-order valence-electron chi connectivity index (χ3n) is 2.51. The fourth-order valence-corrected chi connectivity index (χ4v) is 1.53. The lowest BCUT2D eigenvalue weighted by Gasteiger charge is -2.12. The molecule has 0 unspecified atom stereocenters. The first-order chi connectivity index (χ1) is 8.56. The summed E-state index contributed by atoms with van der Waals surface area (Å²) in [4.78, 5) is 17.8. The van der Waals surface area contributed by atoms with Crippen LogP contribution in [0.2, 0.25) is 0 Å². The molecule has 0 fully saturated rings. The van der Waals surface area contributed by atoms with Crippen molar-refractivity contribution in [2.45, 2.75) is 6.54 Å². The van der Waals surface area contributed by atoms with Gasteiger partial charge in [0.05, 0.1) is 24.1 Å². The summed E-state index contributed by atoms with van der Waals surface area (Å²) >= 11 is 0. The maximum Gasteiger partial charge on any atom is 0.269 e. The first kappa shape index (κ1) is 12.1. The highest BCUT2D eigenvalue weighted by molar-refractivity contribution is 5.40. The molecular formula is C12H15N5O. The van der Waals surface area contributed by atoms with Crippen LogP contribution in [0.15, 0.2) is 35.3 Å². The summed E-state index contributed by atoms with van der Waals surface area (Å²) in [5, 5.41) is 4.11. The van der Waals surface area contributed by atoms with Gasteiger partial charge >= 0.3 is 0 Å². The summed E-state index contributed by atoms with van der Waals surface area (Å²) in [6.45, 7) is 0.317. The van der Waals surface area contributed by atoms with E-state index in [0.29, 0.717) is 18.1 Å². The highest BCUT2D eigenvalue weighted by Gasteiger charge is 2.03. The van der Waals surface area contributed by atoms with Crippen LogP contribution in [0.25, 0.3) is 0 Å². The monoisotopic (exact) mass is 245 g/mol. The van der Waals surface area contributed by atoms with Gasteiger partial charge in [-0.05, 0) is 12.1 Å². The zero-order valence-corrected chi connectivity index (χ0v) is 10.4. The second kappa shape index (κ2) is 4.87. The Morgan fingerprint density at radius 2 is 2.17 bits per heavy atom. The lowest BCUT2D eigenvalue weighted by molar-refractivity contribution is 0.628. The molecule has 0 aliphatic carbocycles. The molecule has 94 valence electrons. The summed E-state index contributed by atoms with van der Waals surface area (Å²) < 4.78 is 1.36. The van der Waals surface area contributed by atoms with E-state index in [-0.39, 0.29) is 5.56 Å². The van der Waals surface area contributed by atoms with Gasteiger partial charge in [-0.15, -0.1) is 0 Å². The normalized spacial score (nSPS) is 10.3. The number of nitrogens with two attached hydrogens (primary N) is 1. The Hall–Kier alpha value is -2.37. The zero-order valence-electron chi connectivity index (χ0n) is 10.4. The molecule has 0 aliphatic rings. The van der Waals surface area contributed by atoms with Crippen molar-refractivity contribution in [2.24, 2.45) is 0 Å². The molecule has 2 heterocycles. The Morgan fingerprint density at radius 1 is 1.39 bits per heavy atom. The molecular weight excluding hydrogens is 230 g/mol. The molecule has 6 heteroatoms. The van der Waals surface area contributed by atoms with Crippen molar-refractivity contribution in [1.29, 1.82) is 0 Å². The van der Waals surface area contributed by atoms with Gasteiger partial charge in [-0.3, -0.25) is 4.79 Å². The zero-order chi connectivity index (χ0) is 13.1. The van der Waals surface area contributed by atoms with Gasteiger partial charge in [-0.1, -0.05) is 6.07 Å². The molecule has 18 heavy (non-hydrogen) atoms. The van der Waals surface area contributed by atoms with Gasteiger partial charge in [0.2, 0.25) is 0 Å². The van der Waals surface area contributed by atoms with E-state index in [1.54, 1.807) is 24.4 Å². The van der Waals surface area contributed by atoms with E-state index in [4.69, 9.17) is 5.73 Å². The van der Waals surface area contributed by atoms with Gasteiger partial charge in [0.1, 0.15) is 5.82 Å². The first-order valence-corrected chi connectivity index (χ1v) is 5.52. The molecule has 2 N–H and O–H groups in total. The van der Waals surface area contributed by atoms with E-state index in [9.17, 15) is 4.79 Å². The van der Waals surface area contributed by atoms with Gasteiger partial charge in [0, 0.05) is 20.2 Å². The second-order valence-electron chi connectivity index (χ2n) is 4.16. The van der Waals surface area contributed by atoms with Gasteiger partial charge in [-0.25, -0.2) is 9.67 Å². The topological polar surface area (TPSA) is 77.0 Å². The van der Waals surface area contributed by atoms with Crippen LogP contribution in [0.3, 0.4) is 0 Å². The minimum Gasteiger partial charge on any atom is -0.384 e. The second-order valence-corrected chi connectivity index (χ2v) is 4.16. The molecule has 0 saturated heterocycles. The largest absolute Gasteiger partial charge is 0.384 e. The summed E-state index contributed by atoms with van der Waals surface area (Å²) in [5.41, 5.74) is 6.91. The number of hydrogen-bond donors (Lipinski definition) is 1. The van der Waals surface area contributed by atoms with Crippen LogP contribution < -0.4 is 16.2 Å². The van der Waals surface area contributed by atoms with Crippen molar-refractivity contribution in [3.05, 3.63) is 46.5 Å². The molecule has 2 rings (SSSR count). The van der Waals surface area contributed by atoms with Gasteiger partial charge in [-0.2, -0.15) is 5.10 Å². The van der Waals surface area contributed by atoms with Crippen LogP contribution >= 0.6 is 0 Å². The van der Waals surface area contributed by atoms with E-state index < -0.39 is 0 Å². The van der Waals surface area contributed by atoms with Gasteiger partial charge < -0.3 is 10.6 Å². The van der Waals surface area contributed by atoms with E-state index in [2.05, 4.69) is 10.1 Å². The Morgan fingerprint density at radius 3 is 2.78 bits per heavy atom. The Labute approximate surface area is 105 Å². The first-order valence-electron chi connectivity index (χ1n) is 5.52. The van der Waals surface area contributed by atoms with E-state index in [0.717, 1.165) is 5.69 Å². The molecule has 0 bridgehead atoms. The van der Waals surface area contributed by atoms with E-state index >= 15 is 0 Å². The molecule has 0 aromatic carbocycles. The highest BCUT2D eigenvalue weighted by atomic mass is 16.1. The summed E-state index contributed by atoms with van der Waals surface area (Å²) in [5.74, 6) is 0.436. The number of anilines is 2. The number of nitrogen functional groups attached to an aromatic ring is 1. The minimum atomic E-state index is -0.162. The van der Waals surface area contributed by atoms with Crippen LogP contribution in [0, 0.1) is 0 Å². The quantitative estimate of drug-likeness (QED) is 0.843. The highest BCUT2D eigenvalue weighted by Crippen LogP contribution is 2.05. The fourth-order valence-electron chi connectivity index (χ4n) is 1.53. The Balaban J connectivity index is 2.28.